The van der Waals surface area contributed by atoms with Crippen molar-refractivity contribution in [1.82, 2.24) is 9.97 Å². The predicted octanol–water partition coefficient (Wildman–Crippen LogP) is 1.63. The lowest BCUT2D eigenvalue weighted by atomic mass is 10.3. The molecule has 4 heteroatoms. The lowest BCUT2D eigenvalue weighted by Gasteiger charge is -2.02. The van der Waals surface area contributed by atoms with Gasteiger partial charge in [-0.2, -0.15) is 0 Å². The van der Waals surface area contributed by atoms with Gasteiger partial charge in [0, 0.05) is 18.8 Å². The summed E-state index contributed by atoms with van der Waals surface area (Å²) in [6.45, 7) is 6.19. The smallest absolute Gasteiger partial charge is 0.316 e. The first-order chi connectivity index (χ1) is 6.72. The minimum absolute atomic E-state index is 0.289. The first kappa shape index (κ1) is 10.4. The minimum Gasteiger partial charge on any atom is -0.463 e. The number of ether oxygens (including phenoxy) is 1. The van der Waals surface area contributed by atoms with E-state index in [1.165, 1.54) is 12.4 Å². The summed E-state index contributed by atoms with van der Waals surface area (Å²) in [5.41, 5.74) is 1.49. The van der Waals surface area contributed by atoms with Gasteiger partial charge in [0.05, 0.1) is 12.2 Å². The molecule has 0 fully saturated rings. The summed E-state index contributed by atoms with van der Waals surface area (Å²) in [7, 11) is 0. The molecule has 1 heterocycles. The fraction of sp³-hybridized carbons (Fsp3) is 0.300. The second kappa shape index (κ2) is 5.11. The van der Waals surface area contributed by atoms with E-state index in [-0.39, 0.29) is 6.01 Å². The Balaban J connectivity index is 2.43. The molecule has 0 atom stereocenters. The lowest BCUT2D eigenvalue weighted by molar-refractivity contribution is 0.112. The van der Waals surface area contributed by atoms with Crippen LogP contribution >= 0.6 is 0 Å². The third-order valence-corrected chi connectivity index (χ3v) is 1.54. The molecule has 0 N–H and O–H groups in total. The number of hydrogen-bond acceptors (Lipinski definition) is 4. The number of rotatable bonds is 5. The molecule has 0 saturated heterocycles. The van der Waals surface area contributed by atoms with Crippen LogP contribution in [-0.4, -0.2) is 22.9 Å². The second-order valence-corrected chi connectivity index (χ2v) is 2.97. The summed E-state index contributed by atoms with van der Waals surface area (Å²) in [5.74, 6) is 0. The Morgan fingerprint density at radius 2 is 2.21 bits per heavy atom. The van der Waals surface area contributed by atoms with E-state index in [0.717, 1.165) is 12.0 Å². The normalized spacial score (nSPS) is 9.50. The summed E-state index contributed by atoms with van der Waals surface area (Å²) >= 11 is 0. The number of hydrogen-bond donors (Lipinski definition) is 0. The third kappa shape index (κ3) is 3.35. The van der Waals surface area contributed by atoms with Crippen molar-refractivity contribution in [2.24, 2.45) is 0 Å². The van der Waals surface area contributed by atoms with Crippen molar-refractivity contribution >= 4 is 6.29 Å². The molecule has 0 radical (unpaired) electrons. The maximum Gasteiger partial charge on any atom is 0.316 e. The molecule has 0 aliphatic carbocycles. The first-order valence-corrected chi connectivity index (χ1v) is 4.27. The van der Waals surface area contributed by atoms with Crippen molar-refractivity contribution in [2.75, 3.05) is 6.61 Å². The molecule has 0 aromatic carbocycles. The Kier molecular flexibility index (Phi) is 3.79. The van der Waals surface area contributed by atoms with Crippen LogP contribution in [0.2, 0.25) is 0 Å². The van der Waals surface area contributed by atoms with Gasteiger partial charge in [0.15, 0.2) is 6.29 Å². The van der Waals surface area contributed by atoms with Crippen molar-refractivity contribution in [3.63, 3.8) is 0 Å². The van der Waals surface area contributed by atoms with Crippen molar-refractivity contribution < 1.29 is 9.53 Å². The van der Waals surface area contributed by atoms with Gasteiger partial charge >= 0.3 is 6.01 Å². The van der Waals surface area contributed by atoms with E-state index in [4.69, 9.17) is 4.74 Å². The summed E-state index contributed by atoms with van der Waals surface area (Å²) in [4.78, 5) is 18.0. The summed E-state index contributed by atoms with van der Waals surface area (Å²) in [5, 5.41) is 0. The largest absolute Gasteiger partial charge is 0.463 e. The topological polar surface area (TPSA) is 52.1 Å². The number of aromatic nitrogens is 2. The van der Waals surface area contributed by atoms with Crippen LogP contribution in [0.4, 0.5) is 0 Å². The van der Waals surface area contributed by atoms with E-state index in [1.54, 1.807) is 0 Å². The highest BCUT2D eigenvalue weighted by molar-refractivity contribution is 5.73. The Labute approximate surface area is 82.6 Å². The van der Waals surface area contributed by atoms with Crippen molar-refractivity contribution in [3.8, 4) is 6.01 Å². The van der Waals surface area contributed by atoms with E-state index >= 15 is 0 Å². The van der Waals surface area contributed by atoms with Crippen molar-refractivity contribution in [1.29, 1.82) is 0 Å². The van der Waals surface area contributed by atoms with Gasteiger partial charge < -0.3 is 4.74 Å². The van der Waals surface area contributed by atoms with Gasteiger partial charge in [0.2, 0.25) is 0 Å². The van der Waals surface area contributed by atoms with Crippen LogP contribution in [-0.2, 0) is 0 Å². The van der Waals surface area contributed by atoms with Gasteiger partial charge in [0.25, 0.3) is 0 Å². The molecular formula is C10H12N2O2. The van der Waals surface area contributed by atoms with E-state index in [2.05, 4.69) is 16.5 Å². The maximum atomic E-state index is 10.3. The molecule has 0 aliphatic heterocycles. The molecule has 0 spiro atoms. The molecular weight excluding hydrogens is 180 g/mol. The lowest BCUT2D eigenvalue weighted by Crippen LogP contribution is -2.01. The van der Waals surface area contributed by atoms with Crippen LogP contribution in [0.15, 0.2) is 24.5 Å². The Bertz CT molecular complexity index is 319. The summed E-state index contributed by atoms with van der Waals surface area (Å²) < 4.78 is 5.22. The SMILES string of the molecule is C=C(C)CCOc1ncc(C=O)cn1. The standard InChI is InChI=1S/C10H12N2O2/c1-8(2)3-4-14-10-11-5-9(7-13)6-12-10/h5-7H,1,3-4H2,2H3. The van der Waals surface area contributed by atoms with Crippen LogP contribution in [0, 0.1) is 0 Å². The molecule has 74 valence electrons. The van der Waals surface area contributed by atoms with Gasteiger partial charge in [-0.15, -0.1) is 6.58 Å². The van der Waals surface area contributed by atoms with Crippen LogP contribution in [0.25, 0.3) is 0 Å². The minimum atomic E-state index is 0.289. The molecule has 0 amide bonds. The van der Waals surface area contributed by atoms with E-state index in [1.807, 2.05) is 6.92 Å². The molecule has 0 aliphatic rings. The summed E-state index contributed by atoms with van der Waals surface area (Å²) in [6.07, 6.45) is 4.32. The molecule has 0 bridgehead atoms. The number of nitrogens with zero attached hydrogens (tertiary/aromatic N) is 2. The van der Waals surface area contributed by atoms with Crippen LogP contribution < -0.4 is 4.74 Å². The van der Waals surface area contributed by atoms with Gasteiger partial charge in [-0.3, -0.25) is 4.79 Å². The zero-order valence-corrected chi connectivity index (χ0v) is 8.06. The number of carbonyl (C=O) groups is 1. The average molecular weight is 192 g/mol. The maximum absolute atomic E-state index is 10.3. The predicted molar refractivity (Wildman–Crippen MR) is 52.3 cm³/mol. The van der Waals surface area contributed by atoms with Crippen LogP contribution in [0.5, 0.6) is 6.01 Å². The zero-order chi connectivity index (χ0) is 10.4. The van der Waals surface area contributed by atoms with Crippen molar-refractivity contribution in [3.05, 3.63) is 30.1 Å². The molecule has 4 nitrogen and oxygen atoms in total. The van der Waals surface area contributed by atoms with E-state index in [9.17, 15) is 4.79 Å². The van der Waals surface area contributed by atoms with E-state index < -0.39 is 0 Å². The Morgan fingerprint density at radius 1 is 1.57 bits per heavy atom. The molecule has 1 aromatic heterocycles. The highest BCUT2D eigenvalue weighted by Crippen LogP contribution is 2.03. The summed E-state index contributed by atoms with van der Waals surface area (Å²) in [6, 6.07) is 0.289. The number of aldehydes is 1. The fourth-order valence-corrected chi connectivity index (χ4v) is 0.778. The molecule has 0 saturated carbocycles. The second-order valence-electron chi connectivity index (χ2n) is 2.97. The quantitative estimate of drug-likeness (QED) is 0.525. The molecule has 1 aromatic rings. The van der Waals surface area contributed by atoms with Gasteiger partial charge in [-0.25, -0.2) is 9.97 Å². The molecule has 0 unspecified atom stereocenters. The monoisotopic (exact) mass is 192 g/mol. The highest BCUT2D eigenvalue weighted by atomic mass is 16.5. The molecule has 1 rings (SSSR count). The zero-order valence-electron chi connectivity index (χ0n) is 8.06. The van der Waals surface area contributed by atoms with Gasteiger partial charge in [-0.1, -0.05) is 5.57 Å². The average Bonchev–Trinajstić information content (AvgIpc) is 2.18. The fourth-order valence-electron chi connectivity index (χ4n) is 0.778. The van der Waals surface area contributed by atoms with E-state index in [0.29, 0.717) is 18.5 Å². The highest BCUT2D eigenvalue weighted by Gasteiger charge is 1.97. The van der Waals surface area contributed by atoms with Crippen LogP contribution in [0.3, 0.4) is 0 Å². The Morgan fingerprint density at radius 3 is 2.71 bits per heavy atom. The third-order valence-electron chi connectivity index (χ3n) is 1.54. The number of carbonyl (C=O) groups excluding carboxylic acids is 1. The first-order valence-electron chi connectivity index (χ1n) is 4.27. The van der Waals surface area contributed by atoms with Crippen molar-refractivity contribution in [2.45, 2.75) is 13.3 Å². The van der Waals surface area contributed by atoms with Crippen LogP contribution in [0.1, 0.15) is 23.7 Å². The molecule has 14 heavy (non-hydrogen) atoms. The van der Waals surface area contributed by atoms with Gasteiger partial charge in [-0.05, 0) is 6.92 Å². The van der Waals surface area contributed by atoms with Gasteiger partial charge in [0.1, 0.15) is 0 Å². The Hall–Kier alpha value is -1.71.